The summed E-state index contributed by atoms with van der Waals surface area (Å²) in [4.78, 5) is 29.4. The van der Waals surface area contributed by atoms with Crippen molar-refractivity contribution in [3.05, 3.63) is 53.9 Å². The Balaban J connectivity index is 1.39. The smallest absolute Gasteiger partial charge is 0.322 e. The van der Waals surface area contributed by atoms with Crippen LogP contribution in [-0.4, -0.2) is 45.9 Å². The number of aryl methyl sites for hydroxylation is 1. The maximum Gasteiger partial charge on any atom is 0.322 e. The van der Waals surface area contributed by atoms with Crippen molar-refractivity contribution in [1.29, 1.82) is 0 Å². The second-order valence-corrected chi connectivity index (χ2v) is 8.38. The average molecular weight is 395 g/mol. The highest BCUT2D eigenvalue weighted by atomic mass is 16.2. The Hall–Kier alpha value is -2.76. The number of nitrogens with zero attached hydrogens (tertiary/aromatic N) is 3. The Kier molecular flexibility index (Phi) is 5.60. The quantitative estimate of drug-likeness (QED) is 0.845. The Morgan fingerprint density at radius 3 is 2.38 bits per heavy atom. The molecule has 2 aliphatic rings. The van der Waals surface area contributed by atoms with Crippen LogP contribution in [0.5, 0.6) is 0 Å². The Labute approximate surface area is 172 Å². The van der Waals surface area contributed by atoms with Crippen molar-refractivity contribution in [3.8, 4) is 0 Å². The van der Waals surface area contributed by atoms with Gasteiger partial charge in [0.1, 0.15) is 0 Å². The fraction of sp³-hybridized carbons (Fsp3) is 0.478. The number of amides is 3. The highest BCUT2D eigenvalue weighted by Crippen LogP contribution is 2.32. The number of benzene rings is 1. The molecule has 2 aliphatic heterocycles. The summed E-state index contributed by atoms with van der Waals surface area (Å²) in [5, 5.41) is 3.00. The van der Waals surface area contributed by atoms with Gasteiger partial charge in [-0.25, -0.2) is 4.79 Å². The molecular formula is C23H30N4O2. The Morgan fingerprint density at radius 2 is 1.72 bits per heavy atom. The van der Waals surface area contributed by atoms with E-state index >= 15 is 0 Å². The summed E-state index contributed by atoms with van der Waals surface area (Å²) in [6, 6.07) is 11.4. The monoisotopic (exact) mass is 394 g/mol. The molecule has 29 heavy (non-hydrogen) atoms. The normalized spacial score (nSPS) is 20.1. The number of hydrogen-bond donors (Lipinski definition) is 1. The first-order valence-corrected chi connectivity index (χ1v) is 10.6. The van der Waals surface area contributed by atoms with Gasteiger partial charge < -0.3 is 19.7 Å². The summed E-state index contributed by atoms with van der Waals surface area (Å²) in [6.45, 7) is 4.65. The SMILES string of the molecule is CC1CCN(C(=O)c2ccc(NC(=O)N3CCCC3c3cccn3C)cc2)CC1. The fourth-order valence-corrected chi connectivity index (χ4v) is 4.42. The first-order chi connectivity index (χ1) is 14.0. The number of urea groups is 1. The third-order valence-electron chi connectivity index (χ3n) is 6.29. The molecule has 1 N–H and O–H groups in total. The summed E-state index contributed by atoms with van der Waals surface area (Å²) in [5.41, 5.74) is 2.56. The van der Waals surface area contributed by atoms with Gasteiger partial charge in [0.25, 0.3) is 5.91 Å². The van der Waals surface area contributed by atoms with Crippen molar-refractivity contribution in [2.45, 2.75) is 38.6 Å². The molecule has 4 rings (SSSR count). The van der Waals surface area contributed by atoms with Gasteiger partial charge in [-0.3, -0.25) is 4.79 Å². The number of hydrogen-bond acceptors (Lipinski definition) is 2. The molecule has 0 radical (unpaired) electrons. The van der Waals surface area contributed by atoms with E-state index in [0.717, 1.165) is 56.7 Å². The summed E-state index contributed by atoms with van der Waals surface area (Å²) in [5.74, 6) is 0.778. The van der Waals surface area contributed by atoms with E-state index in [0.29, 0.717) is 11.5 Å². The number of likely N-dealkylation sites (tertiary alicyclic amines) is 2. The number of anilines is 1. The minimum atomic E-state index is -0.0854. The molecule has 1 aromatic heterocycles. The van der Waals surface area contributed by atoms with E-state index in [2.05, 4.69) is 22.9 Å². The third-order valence-corrected chi connectivity index (χ3v) is 6.29. The molecule has 154 valence electrons. The molecule has 6 heteroatoms. The van der Waals surface area contributed by atoms with Gasteiger partial charge in [-0.15, -0.1) is 0 Å². The van der Waals surface area contributed by atoms with Crippen molar-refractivity contribution >= 4 is 17.6 Å². The van der Waals surface area contributed by atoms with Crippen LogP contribution in [0.2, 0.25) is 0 Å². The zero-order valence-corrected chi connectivity index (χ0v) is 17.3. The molecular weight excluding hydrogens is 364 g/mol. The molecule has 1 unspecified atom stereocenters. The fourth-order valence-electron chi connectivity index (χ4n) is 4.42. The largest absolute Gasteiger partial charge is 0.353 e. The lowest BCUT2D eigenvalue weighted by molar-refractivity contribution is 0.0697. The van der Waals surface area contributed by atoms with Crippen LogP contribution in [0.25, 0.3) is 0 Å². The van der Waals surface area contributed by atoms with Crippen LogP contribution in [0, 0.1) is 5.92 Å². The summed E-state index contributed by atoms with van der Waals surface area (Å²) in [6.07, 6.45) is 6.14. The topological polar surface area (TPSA) is 57.6 Å². The molecule has 1 atom stereocenters. The van der Waals surface area contributed by atoms with Crippen LogP contribution in [0.4, 0.5) is 10.5 Å². The van der Waals surface area contributed by atoms with Crippen molar-refractivity contribution in [3.63, 3.8) is 0 Å². The lowest BCUT2D eigenvalue weighted by Gasteiger charge is -2.30. The number of aromatic nitrogens is 1. The lowest BCUT2D eigenvalue weighted by atomic mass is 9.98. The lowest BCUT2D eigenvalue weighted by Crippen LogP contribution is -2.37. The maximum absolute atomic E-state index is 12.9. The predicted octanol–water partition coefficient (Wildman–Crippen LogP) is 4.27. The standard InChI is InChI=1S/C23H30N4O2/c1-17-11-15-26(16-12-17)22(28)18-7-9-19(10-8-18)24-23(29)27-14-4-6-21(27)20-5-3-13-25(20)2/h3,5,7-10,13,17,21H,4,6,11-12,14-16H2,1-2H3,(H,24,29). The van der Waals surface area contributed by atoms with Crippen molar-refractivity contribution < 1.29 is 9.59 Å². The third kappa shape index (κ3) is 4.16. The highest BCUT2D eigenvalue weighted by Gasteiger charge is 2.31. The Bertz CT molecular complexity index is 865. The van der Waals surface area contributed by atoms with Gasteiger partial charge in [0.05, 0.1) is 6.04 Å². The zero-order chi connectivity index (χ0) is 20.4. The van der Waals surface area contributed by atoms with Gasteiger partial charge in [0, 0.05) is 49.8 Å². The maximum atomic E-state index is 12.9. The van der Waals surface area contributed by atoms with Gasteiger partial charge in [0.2, 0.25) is 0 Å². The van der Waals surface area contributed by atoms with E-state index in [4.69, 9.17) is 0 Å². The van der Waals surface area contributed by atoms with Gasteiger partial charge in [-0.1, -0.05) is 6.92 Å². The molecule has 1 aromatic carbocycles. The predicted molar refractivity (Wildman–Crippen MR) is 114 cm³/mol. The minimum Gasteiger partial charge on any atom is -0.353 e. The first kappa shape index (κ1) is 19.6. The molecule has 0 saturated carbocycles. The van der Waals surface area contributed by atoms with Crippen LogP contribution in [0.15, 0.2) is 42.6 Å². The van der Waals surface area contributed by atoms with E-state index in [1.54, 1.807) is 0 Å². The molecule has 0 aliphatic carbocycles. The summed E-state index contributed by atoms with van der Waals surface area (Å²) in [7, 11) is 2.02. The first-order valence-electron chi connectivity index (χ1n) is 10.6. The van der Waals surface area contributed by atoms with Crippen LogP contribution in [0.3, 0.4) is 0 Å². The number of carbonyl (C=O) groups excluding carboxylic acids is 2. The summed E-state index contributed by atoms with van der Waals surface area (Å²) < 4.78 is 2.08. The molecule has 0 bridgehead atoms. The van der Waals surface area contributed by atoms with E-state index in [1.165, 1.54) is 0 Å². The highest BCUT2D eigenvalue weighted by molar-refractivity contribution is 5.95. The van der Waals surface area contributed by atoms with Crippen LogP contribution in [-0.2, 0) is 7.05 Å². The van der Waals surface area contributed by atoms with Crippen molar-refractivity contribution in [2.75, 3.05) is 25.0 Å². The molecule has 3 heterocycles. The van der Waals surface area contributed by atoms with E-state index in [1.807, 2.05) is 53.4 Å². The van der Waals surface area contributed by atoms with Crippen LogP contribution < -0.4 is 5.32 Å². The molecule has 2 aromatic rings. The van der Waals surface area contributed by atoms with Gasteiger partial charge in [-0.2, -0.15) is 0 Å². The second-order valence-electron chi connectivity index (χ2n) is 8.38. The van der Waals surface area contributed by atoms with Gasteiger partial charge in [0.15, 0.2) is 0 Å². The Morgan fingerprint density at radius 1 is 1.00 bits per heavy atom. The van der Waals surface area contributed by atoms with E-state index < -0.39 is 0 Å². The molecule has 3 amide bonds. The van der Waals surface area contributed by atoms with Gasteiger partial charge >= 0.3 is 6.03 Å². The summed E-state index contributed by atoms with van der Waals surface area (Å²) >= 11 is 0. The minimum absolute atomic E-state index is 0.0816. The second kappa shape index (κ2) is 8.31. The zero-order valence-electron chi connectivity index (χ0n) is 17.3. The average Bonchev–Trinajstić information content (AvgIpc) is 3.37. The number of nitrogens with one attached hydrogen (secondary N) is 1. The molecule has 6 nitrogen and oxygen atoms in total. The van der Waals surface area contributed by atoms with E-state index in [9.17, 15) is 9.59 Å². The molecule has 2 saturated heterocycles. The van der Waals surface area contributed by atoms with E-state index in [-0.39, 0.29) is 18.0 Å². The molecule has 2 fully saturated rings. The molecule has 0 spiro atoms. The van der Waals surface area contributed by atoms with Gasteiger partial charge in [-0.05, 0) is 68.0 Å². The van der Waals surface area contributed by atoms with Crippen LogP contribution in [0.1, 0.15) is 54.7 Å². The van der Waals surface area contributed by atoms with Crippen LogP contribution >= 0.6 is 0 Å². The number of piperidine rings is 1. The number of carbonyl (C=O) groups is 2. The van der Waals surface area contributed by atoms with Crippen molar-refractivity contribution in [1.82, 2.24) is 14.4 Å². The van der Waals surface area contributed by atoms with Crippen molar-refractivity contribution in [2.24, 2.45) is 13.0 Å². The number of rotatable bonds is 3.